The quantitative estimate of drug-likeness (QED) is 0.605. The molecule has 2 unspecified atom stereocenters. The van der Waals surface area contributed by atoms with Crippen LogP contribution >= 0.6 is 38.5 Å². The molecule has 0 spiro atoms. The lowest BCUT2D eigenvalue weighted by molar-refractivity contribution is -0.187. The van der Waals surface area contributed by atoms with E-state index >= 15 is 0 Å². The Labute approximate surface area is 143 Å². The number of rotatable bonds is 2. The zero-order chi connectivity index (χ0) is 15.6. The molecule has 7 heteroatoms. The van der Waals surface area contributed by atoms with E-state index in [2.05, 4.69) is 43.8 Å². The van der Waals surface area contributed by atoms with Crippen molar-refractivity contribution >= 4 is 44.4 Å². The molecule has 0 heterocycles. The van der Waals surface area contributed by atoms with Gasteiger partial charge >= 0.3 is 6.18 Å². The fourth-order valence-corrected chi connectivity index (χ4v) is 3.53. The number of benzene rings is 1. The predicted molar refractivity (Wildman–Crippen MR) is 86.1 cm³/mol. The van der Waals surface area contributed by atoms with E-state index in [9.17, 15) is 18.0 Å². The molecule has 1 N–H and O–H groups in total. The Balaban J connectivity index is 2.15. The summed E-state index contributed by atoms with van der Waals surface area (Å²) in [6.07, 6.45) is -2.53. The van der Waals surface area contributed by atoms with E-state index in [1.54, 1.807) is 12.1 Å². The number of hydrogen-bond acceptors (Lipinski definition) is 1. The molecule has 1 aliphatic carbocycles. The summed E-state index contributed by atoms with van der Waals surface area (Å²) < 4.78 is 40.5. The molecule has 21 heavy (non-hydrogen) atoms. The molecule has 2 nitrogen and oxygen atoms in total. The van der Waals surface area contributed by atoms with E-state index in [0.29, 0.717) is 29.3 Å². The molecule has 1 aromatic carbocycles. The van der Waals surface area contributed by atoms with Crippen LogP contribution in [-0.4, -0.2) is 18.1 Å². The van der Waals surface area contributed by atoms with E-state index in [0.717, 1.165) is 3.57 Å². The fraction of sp³-hybridized carbons (Fsp3) is 0.500. The highest BCUT2D eigenvalue weighted by Crippen LogP contribution is 2.38. The van der Waals surface area contributed by atoms with Crippen LogP contribution in [0.25, 0.3) is 0 Å². The van der Waals surface area contributed by atoms with Gasteiger partial charge in [-0.2, -0.15) is 13.2 Å². The van der Waals surface area contributed by atoms with E-state index in [-0.39, 0.29) is 6.42 Å². The van der Waals surface area contributed by atoms with Crippen molar-refractivity contribution in [3.05, 3.63) is 31.8 Å². The summed E-state index contributed by atoms with van der Waals surface area (Å²) in [4.78, 5) is 12.2. The van der Waals surface area contributed by atoms with Crippen molar-refractivity contribution in [1.29, 1.82) is 0 Å². The van der Waals surface area contributed by atoms with Crippen LogP contribution in [0.2, 0.25) is 0 Å². The van der Waals surface area contributed by atoms with E-state index in [1.807, 2.05) is 6.07 Å². The first-order chi connectivity index (χ1) is 9.79. The van der Waals surface area contributed by atoms with Crippen molar-refractivity contribution < 1.29 is 18.0 Å². The van der Waals surface area contributed by atoms with Gasteiger partial charge in [0.15, 0.2) is 0 Å². The number of amides is 1. The number of halogens is 5. The third kappa shape index (κ3) is 4.34. The molecular weight excluding hydrogens is 462 g/mol. The molecule has 116 valence electrons. The van der Waals surface area contributed by atoms with Gasteiger partial charge in [0.2, 0.25) is 0 Å². The third-order valence-electron chi connectivity index (χ3n) is 3.68. The van der Waals surface area contributed by atoms with E-state index < -0.39 is 24.0 Å². The summed E-state index contributed by atoms with van der Waals surface area (Å²) in [5.74, 6) is -1.90. The molecule has 2 rings (SSSR count). The van der Waals surface area contributed by atoms with Crippen LogP contribution in [0.1, 0.15) is 36.0 Å². The van der Waals surface area contributed by atoms with Crippen molar-refractivity contribution in [2.45, 2.75) is 37.9 Å². The van der Waals surface area contributed by atoms with Crippen LogP contribution in [0.15, 0.2) is 22.7 Å². The monoisotopic (exact) mass is 475 g/mol. The van der Waals surface area contributed by atoms with Gasteiger partial charge in [-0.15, -0.1) is 0 Å². The van der Waals surface area contributed by atoms with Gasteiger partial charge in [-0.05, 0) is 69.6 Å². The first kappa shape index (κ1) is 17.1. The zero-order valence-electron chi connectivity index (χ0n) is 11.0. The SMILES string of the molecule is O=C(NC1CCCCC1C(F)(F)F)c1cc(I)ccc1Br. The number of nitrogens with one attached hydrogen (secondary N) is 1. The van der Waals surface area contributed by atoms with Crippen LogP contribution in [0, 0.1) is 9.49 Å². The maximum Gasteiger partial charge on any atom is 0.393 e. The van der Waals surface area contributed by atoms with Gasteiger partial charge in [0.25, 0.3) is 5.91 Å². The Hall–Kier alpha value is -0.310. The molecule has 0 aliphatic heterocycles. The maximum absolute atomic E-state index is 13.0. The zero-order valence-corrected chi connectivity index (χ0v) is 14.8. The highest BCUT2D eigenvalue weighted by atomic mass is 127. The number of carbonyl (C=O) groups is 1. The van der Waals surface area contributed by atoms with Gasteiger partial charge in [-0.1, -0.05) is 12.8 Å². The lowest BCUT2D eigenvalue weighted by Crippen LogP contribution is -2.47. The lowest BCUT2D eigenvalue weighted by Gasteiger charge is -2.33. The molecular formula is C14H14BrF3INO. The molecule has 2 atom stereocenters. The largest absolute Gasteiger partial charge is 0.393 e. The van der Waals surface area contributed by atoms with Gasteiger partial charge in [-0.25, -0.2) is 0 Å². The molecule has 0 aromatic heterocycles. The lowest BCUT2D eigenvalue weighted by atomic mass is 9.84. The normalized spacial score (nSPS) is 22.9. The minimum atomic E-state index is -4.26. The maximum atomic E-state index is 13.0. The van der Waals surface area contributed by atoms with Crippen molar-refractivity contribution in [3.63, 3.8) is 0 Å². The minimum Gasteiger partial charge on any atom is -0.349 e. The van der Waals surface area contributed by atoms with Crippen LogP contribution in [0.3, 0.4) is 0 Å². The second kappa shape index (κ2) is 6.85. The summed E-state index contributed by atoms with van der Waals surface area (Å²) in [5.41, 5.74) is 0.369. The Morgan fingerprint density at radius 2 is 1.95 bits per heavy atom. The first-order valence-electron chi connectivity index (χ1n) is 6.61. The average Bonchev–Trinajstić information content (AvgIpc) is 2.41. The Morgan fingerprint density at radius 1 is 1.29 bits per heavy atom. The van der Waals surface area contributed by atoms with Crippen molar-refractivity contribution in [3.8, 4) is 0 Å². The molecule has 1 fully saturated rings. The smallest absolute Gasteiger partial charge is 0.349 e. The minimum absolute atomic E-state index is 0.0853. The topological polar surface area (TPSA) is 29.1 Å². The Bertz CT molecular complexity index is 535. The number of hydrogen-bond donors (Lipinski definition) is 1. The van der Waals surface area contributed by atoms with Crippen molar-refractivity contribution in [2.24, 2.45) is 5.92 Å². The summed E-state index contributed by atoms with van der Waals surface area (Å²) in [6.45, 7) is 0. The first-order valence-corrected chi connectivity index (χ1v) is 8.49. The van der Waals surface area contributed by atoms with Crippen LogP contribution in [-0.2, 0) is 0 Å². The standard InChI is InChI=1S/C14H14BrF3INO/c15-11-6-5-8(19)7-9(11)13(21)20-12-4-2-1-3-10(12)14(16,17)18/h5-7,10,12H,1-4H2,(H,20,21). The highest BCUT2D eigenvalue weighted by Gasteiger charge is 2.46. The predicted octanol–water partition coefficient (Wildman–Crippen LogP) is 4.90. The van der Waals surface area contributed by atoms with E-state index in [4.69, 9.17) is 0 Å². The van der Waals surface area contributed by atoms with E-state index in [1.165, 1.54) is 0 Å². The molecule has 1 saturated carbocycles. The van der Waals surface area contributed by atoms with Gasteiger partial charge in [-0.3, -0.25) is 4.79 Å². The fourth-order valence-electron chi connectivity index (χ4n) is 2.61. The molecule has 1 amide bonds. The molecule has 1 aromatic rings. The van der Waals surface area contributed by atoms with Crippen molar-refractivity contribution in [1.82, 2.24) is 5.32 Å². The summed E-state index contributed by atoms with van der Waals surface area (Å²) >= 11 is 5.33. The van der Waals surface area contributed by atoms with Gasteiger partial charge < -0.3 is 5.32 Å². The second-order valence-corrected chi connectivity index (χ2v) is 7.24. The summed E-state index contributed by atoms with van der Waals surface area (Å²) in [7, 11) is 0. The van der Waals surface area contributed by atoms with Gasteiger partial charge in [0.1, 0.15) is 0 Å². The molecule has 1 aliphatic rings. The molecule has 0 saturated heterocycles. The third-order valence-corrected chi connectivity index (χ3v) is 5.04. The van der Waals surface area contributed by atoms with Gasteiger partial charge in [0, 0.05) is 14.1 Å². The van der Waals surface area contributed by atoms with Crippen LogP contribution in [0.4, 0.5) is 13.2 Å². The van der Waals surface area contributed by atoms with Crippen LogP contribution in [0.5, 0.6) is 0 Å². The summed E-state index contributed by atoms with van der Waals surface area (Å²) in [5, 5.41) is 2.57. The average molecular weight is 476 g/mol. The molecule has 0 bridgehead atoms. The summed E-state index contributed by atoms with van der Waals surface area (Å²) in [6, 6.07) is 4.36. The highest BCUT2D eigenvalue weighted by molar-refractivity contribution is 14.1. The Kier molecular flexibility index (Phi) is 5.56. The number of carbonyl (C=O) groups excluding carboxylic acids is 1. The number of alkyl halides is 3. The van der Waals surface area contributed by atoms with Crippen molar-refractivity contribution in [2.75, 3.05) is 0 Å². The Morgan fingerprint density at radius 3 is 2.62 bits per heavy atom. The van der Waals surface area contributed by atoms with Crippen LogP contribution < -0.4 is 5.32 Å². The second-order valence-electron chi connectivity index (χ2n) is 5.14. The molecule has 0 radical (unpaired) electrons. The van der Waals surface area contributed by atoms with Gasteiger partial charge in [0.05, 0.1) is 11.5 Å².